The summed E-state index contributed by atoms with van der Waals surface area (Å²) in [5.74, 6) is -0.847. The van der Waals surface area contributed by atoms with Gasteiger partial charge in [0.15, 0.2) is 0 Å². The van der Waals surface area contributed by atoms with Crippen molar-refractivity contribution < 1.29 is 9.31 Å². The summed E-state index contributed by atoms with van der Waals surface area (Å²) in [5.41, 5.74) is 5.13. The van der Waals surface area contributed by atoms with E-state index in [1.807, 2.05) is 0 Å². The van der Waals surface area contributed by atoms with Gasteiger partial charge in [-0.3, -0.25) is 10.1 Å². The Balaban J connectivity index is 3.34. The number of para-hydroxylation sites is 1. The van der Waals surface area contributed by atoms with Crippen LogP contribution in [-0.4, -0.2) is 4.92 Å². The quantitative estimate of drug-likeness (QED) is 0.562. The van der Waals surface area contributed by atoms with Crippen molar-refractivity contribution in [2.24, 2.45) is 5.73 Å². The Morgan fingerprint density at radius 1 is 1.62 bits per heavy atom. The molecule has 0 aliphatic carbocycles. The zero-order valence-corrected chi connectivity index (χ0v) is 7.03. The number of nitrogens with two attached hydrogens (primary N) is 1. The van der Waals surface area contributed by atoms with Crippen LogP contribution in [0.25, 0.3) is 0 Å². The average Bonchev–Trinajstić information content (AvgIpc) is 2.02. The predicted octanol–water partition coefficient (Wildman–Crippen LogP) is 1.75. The molecule has 0 radical (unpaired) electrons. The van der Waals surface area contributed by atoms with Gasteiger partial charge in [0.05, 0.1) is 4.92 Å². The molecule has 0 aromatic heterocycles. The molecular weight excluding hydrogens is 175 g/mol. The third kappa shape index (κ3) is 1.81. The monoisotopic (exact) mass is 184 g/mol. The number of nitrogens with zero attached hydrogens (tertiary/aromatic N) is 1. The van der Waals surface area contributed by atoms with Gasteiger partial charge >= 0.3 is 5.69 Å². The fourth-order valence-corrected chi connectivity index (χ4v) is 1.09. The van der Waals surface area contributed by atoms with E-state index in [4.69, 9.17) is 5.73 Å². The molecule has 0 bridgehead atoms. The molecule has 0 aliphatic heterocycles. The van der Waals surface area contributed by atoms with Gasteiger partial charge in [-0.05, 0) is 13.0 Å². The van der Waals surface area contributed by atoms with Gasteiger partial charge < -0.3 is 5.73 Å². The molecule has 0 spiro atoms. The predicted molar refractivity (Wildman–Crippen MR) is 45.7 cm³/mol. The first-order valence-electron chi connectivity index (χ1n) is 3.72. The molecular formula is C8H9FN2O2. The lowest BCUT2D eigenvalue weighted by Crippen LogP contribution is -2.09. The van der Waals surface area contributed by atoms with Crippen molar-refractivity contribution in [3.05, 3.63) is 39.7 Å². The molecule has 1 atom stereocenters. The van der Waals surface area contributed by atoms with Crippen LogP contribution in [0.1, 0.15) is 18.5 Å². The van der Waals surface area contributed by atoms with Crippen molar-refractivity contribution in [1.82, 2.24) is 0 Å². The van der Waals surface area contributed by atoms with Crippen LogP contribution in [0, 0.1) is 15.9 Å². The van der Waals surface area contributed by atoms with Crippen LogP contribution < -0.4 is 5.73 Å². The average molecular weight is 184 g/mol. The first-order chi connectivity index (χ1) is 6.04. The molecule has 2 N–H and O–H groups in total. The van der Waals surface area contributed by atoms with Crippen LogP contribution in [0.4, 0.5) is 10.1 Å². The van der Waals surface area contributed by atoms with Gasteiger partial charge in [0.2, 0.25) is 5.82 Å². The van der Waals surface area contributed by atoms with E-state index in [0.717, 1.165) is 6.07 Å². The molecule has 5 heteroatoms. The van der Waals surface area contributed by atoms with Crippen LogP contribution in [0.15, 0.2) is 18.2 Å². The smallest absolute Gasteiger partial charge is 0.309 e. The van der Waals surface area contributed by atoms with Crippen molar-refractivity contribution in [3.8, 4) is 0 Å². The van der Waals surface area contributed by atoms with E-state index < -0.39 is 22.5 Å². The van der Waals surface area contributed by atoms with E-state index in [2.05, 4.69) is 0 Å². The molecule has 0 saturated carbocycles. The van der Waals surface area contributed by atoms with Gasteiger partial charge in [0.1, 0.15) is 0 Å². The summed E-state index contributed by atoms with van der Waals surface area (Å²) >= 11 is 0. The lowest BCUT2D eigenvalue weighted by Gasteiger charge is -2.05. The third-order valence-electron chi connectivity index (χ3n) is 1.69. The van der Waals surface area contributed by atoms with Gasteiger partial charge in [-0.15, -0.1) is 0 Å². The maximum Gasteiger partial charge on any atom is 0.309 e. The molecule has 1 aromatic rings. The Bertz CT molecular complexity index is 339. The second-order valence-electron chi connectivity index (χ2n) is 2.72. The molecule has 0 fully saturated rings. The lowest BCUT2D eigenvalue weighted by molar-refractivity contribution is -0.388. The largest absolute Gasteiger partial charge is 0.324 e. The maximum atomic E-state index is 13.0. The van der Waals surface area contributed by atoms with Crippen molar-refractivity contribution >= 4 is 5.69 Å². The lowest BCUT2D eigenvalue weighted by atomic mass is 10.1. The molecule has 0 aliphatic rings. The standard InChI is InChI=1S/C8H9FN2O2/c1-5(10)6-3-2-4-7(9)8(6)11(12)13/h2-5H,10H2,1H3. The first kappa shape index (κ1) is 9.60. The molecule has 0 heterocycles. The molecule has 1 unspecified atom stereocenters. The molecule has 13 heavy (non-hydrogen) atoms. The topological polar surface area (TPSA) is 69.2 Å². The Labute approximate surface area is 74.3 Å². The summed E-state index contributed by atoms with van der Waals surface area (Å²) < 4.78 is 13.0. The number of nitro groups is 1. The highest BCUT2D eigenvalue weighted by Gasteiger charge is 2.21. The summed E-state index contributed by atoms with van der Waals surface area (Å²) in [5, 5.41) is 10.5. The van der Waals surface area contributed by atoms with Crippen LogP contribution in [0.3, 0.4) is 0 Å². The Morgan fingerprint density at radius 3 is 2.62 bits per heavy atom. The Hall–Kier alpha value is -1.49. The second-order valence-corrected chi connectivity index (χ2v) is 2.72. The number of hydrogen-bond donors (Lipinski definition) is 1. The van der Waals surface area contributed by atoms with E-state index in [1.165, 1.54) is 12.1 Å². The van der Waals surface area contributed by atoms with Gasteiger partial charge in [-0.25, -0.2) is 0 Å². The number of rotatable bonds is 2. The minimum atomic E-state index is -0.847. The minimum absolute atomic E-state index is 0.213. The molecule has 4 nitrogen and oxygen atoms in total. The highest BCUT2D eigenvalue weighted by Crippen LogP contribution is 2.26. The van der Waals surface area contributed by atoms with E-state index in [9.17, 15) is 14.5 Å². The van der Waals surface area contributed by atoms with Crippen molar-refractivity contribution in [1.29, 1.82) is 0 Å². The summed E-state index contributed by atoms with van der Waals surface area (Å²) in [6, 6.07) is 3.35. The SMILES string of the molecule is CC(N)c1cccc(F)c1[N+](=O)[O-]. The number of benzene rings is 1. The van der Waals surface area contributed by atoms with E-state index in [-0.39, 0.29) is 5.56 Å². The van der Waals surface area contributed by atoms with Gasteiger partial charge in [0.25, 0.3) is 0 Å². The van der Waals surface area contributed by atoms with E-state index >= 15 is 0 Å². The van der Waals surface area contributed by atoms with Crippen LogP contribution >= 0.6 is 0 Å². The summed E-state index contributed by atoms with van der Waals surface area (Å²) in [6.45, 7) is 1.57. The van der Waals surface area contributed by atoms with Crippen LogP contribution in [0.5, 0.6) is 0 Å². The highest BCUT2D eigenvalue weighted by molar-refractivity contribution is 5.43. The van der Waals surface area contributed by atoms with Gasteiger partial charge in [-0.2, -0.15) is 4.39 Å². The van der Waals surface area contributed by atoms with Crippen molar-refractivity contribution in [3.63, 3.8) is 0 Å². The van der Waals surface area contributed by atoms with Crippen molar-refractivity contribution in [2.75, 3.05) is 0 Å². The first-order valence-corrected chi connectivity index (χ1v) is 3.72. The molecule has 1 rings (SSSR count). The van der Waals surface area contributed by atoms with E-state index in [0.29, 0.717) is 0 Å². The molecule has 0 saturated heterocycles. The molecule has 70 valence electrons. The number of halogens is 1. The summed E-state index contributed by atoms with van der Waals surface area (Å²) in [6.07, 6.45) is 0. The van der Waals surface area contributed by atoms with Gasteiger partial charge in [0, 0.05) is 11.6 Å². The second kappa shape index (κ2) is 3.49. The van der Waals surface area contributed by atoms with Crippen molar-refractivity contribution in [2.45, 2.75) is 13.0 Å². The molecule has 0 amide bonds. The Morgan fingerprint density at radius 2 is 2.23 bits per heavy atom. The Kier molecular flexibility index (Phi) is 2.57. The fourth-order valence-electron chi connectivity index (χ4n) is 1.09. The zero-order valence-electron chi connectivity index (χ0n) is 7.03. The molecule has 1 aromatic carbocycles. The highest BCUT2D eigenvalue weighted by atomic mass is 19.1. The number of hydrogen-bond acceptors (Lipinski definition) is 3. The van der Waals surface area contributed by atoms with Crippen LogP contribution in [0.2, 0.25) is 0 Å². The number of nitro benzene ring substituents is 1. The maximum absolute atomic E-state index is 13.0. The van der Waals surface area contributed by atoms with E-state index in [1.54, 1.807) is 6.92 Å². The fraction of sp³-hybridized carbons (Fsp3) is 0.250. The minimum Gasteiger partial charge on any atom is -0.324 e. The van der Waals surface area contributed by atoms with Gasteiger partial charge in [-0.1, -0.05) is 12.1 Å². The summed E-state index contributed by atoms with van der Waals surface area (Å²) in [4.78, 5) is 9.70. The normalized spacial score (nSPS) is 12.5. The third-order valence-corrected chi connectivity index (χ3v) is 1.69. The summed E-state index contributed by atoms with van der Waals surface area (Å²) in [7, 11) is 0. The zero-order chi connectivity index (χ0) is 10.0. The van der Waals surface area contributed by atoms with Crippen LogP contribution in [-0.2, 0) is 0 Å².